The van der Waals surface area contributed by atoms with Crippen LogP contribution in [0.25, 0.3) is 0 Å². The number of amides is 1. The molecule has 0 rings (SSSR count). The highest BCUT2D eigenvalue weighted by Gasteiger charge is 2.29. The monoisotopic (exact) mass is 211 g/mol. The van der Waals surface area contributed by atoms with Crippen LogP contribution in [0.4, 0.5) is 0 Å². The number of hydrogen-bond donors (Lipinski definition) is 1. The minimum absolute atomic E-state index is 0.374. The van der Waals surface area contributed by atoms with Crippen LogP contribution in [0.1, 0.15) is 33.6 Å². The maximum Gasteiger partial charge on any atom is 0.394 e. The summed E-state index contributed by atoms with van der Waals surface area (Å²) in [4.78, 5) is 23.3. The second kappa shape index (κ2) is 5.40. The smallest absolute Gasteiger partial charge is 0.394 e. The Labute approximate surface area is 90.3 Å². The van der Waals surface area contributed by atoms with Crippen LogP contribution in [-0.4, -0.2) is 34.0 Å². The number of carbonyl (C=O) groups excluding carboxylic acids is 1. The summed E-state index contributed by atoms with van der Waals surface area (Å²) < 4.78 is 0. The van der Waals surface area contributed by atoms with E-state index in [2.05, 4.69) is 5.92 Å². The zero-order valence-electron chi connectivity index (χ0n) is 9.41. The van der Waals surface area contributed by atoms with Gasteiger partial charge in [0.2, 0.25) is 0 Å². The van der Waals surface area contributed by atoms with Gasteiger partial charge in [-0.2, -0.15) is 0 Å². The molecule has 84 valence electrons. The lowest BCUT2D eigenvalue weighted by Crippen LogP contribution is -2.49. The van der Waals surface area contributed by atoms with Crippen LogP contribution >= 0.6 is 0 Å². The fourth-order valence-electron chi connectivity index (χ4n) is 1.20. The first-order valence-electron chi connectivity index (χ1n) is 4.79. The van der Waals surface area contributed by atoms with E-state index in [4.69, 9.17) is 11.5 Å². The molecule has 0 aliphatic carbocycles. The Morgan fingerprint density at radius 1 is 1.40 bits per heavy atom. The lowest BCUT2D eigenvalue weighted by Gasteiger charge is -2.34. The molecule has 0 spiro atoms. The van der Waals surface area contributed by atoms with Crippen LogP contribution in [0.15, 0.2) is 0 Å². The van der Waals surface area contributed by atoms with Crippen LogP contribution < -0.4 is 0 Å². The van der Waals surface area contributed by atoms with E-state index in [1.807, 2.05) is 0 Å². The van der Waals surface area contributed by atoms with Gasteiger partial charge in [-0.15, -0.1) is 12.3 Å². The van der Waals surface area contributed by atoms with Gasteiger partial charge < -0.3 is 10.0 Å². The van der Waals surface area contributed by atoms with Gasteiger partial charge in [-0.05, 0) is 27.2 Å². The predicted molar refractivity (Wildman–Crippen MR) is 57.2 cm³/mol. The number of nitrogens with zero attached hydrogens (tertiary/aromatic N) is 1. The third-order valence-electron chi connectivity index (χ3n) is 1.94. The number of aliphatic carboxylic acids is 1. The van der Waals surface area contributed by atoms with E-state index in [-0.39, 0.29) is 0 Å². The number of carboxylic acids is 1. The molecule has 0 saturated heterocycles. The molecule has 0 radical (unpaired) electrons. The molecule has 0 fully saturated rings. The van der Waals surface area contributed by atoms with Gasteiger partial charge in [0.15, 0.2) is 0 Å². The van der Waals surface area contributed by atoms with Crippen molar-refractivity contribution < 1.29 is 14.7 Å². The molecule has 0 aliphatic heterocycles. The largest absolute Gasteiger partial charge is 0.474 e. The lowest BCUT2D eigenvalue weighted by molar-refractivity contribution is -0.158. The van der Waals surface area contributed by atoms with Crippen molar-refractivity contribution in [2.24, 2.45) is 0 Å². The molecule has 15 heavy (non-hydrogen) atoms. The topological polar surface area (TPSA) is 57.6 Å². The molecule has 1 amide bonds. The first kappa shape index (κ1) is 13.5. The van der Waals surface area contributed by atoms with Gasteiger partial charge >= 0.3 is 11.9 Å². The van der Waals surface area contributed by atoms with Gasteiger partial charge in [-0.25, -0.2) is 4.79 Å². The summed E-state index contributed by atoms with van der Waals surface area (Å²) in [6, 6.07) is 0. The molecule has 1 N–H and O–H groups in total. The number of rotatable bonds is 3. The minimum Gasteiger partial charge on any atom is -0.474 e. The number of terminal acetylenes is 1. The number of hydrogen-bond acceptors (Lipinski definition) is 2. The van der Waals surface area contributed by atoms with Crippen LogP contribution in [0.5, 0.6) is 0 Å². The molecule has 0 aromatic carbocycles. The van der Waals surface area contributed by atoms with Crippen molar-refractivity contribution in [1.29, 1.82) is 0 Å². The Hall–Kier alpha value is -1.50. The van der Waals surface area contributed by atoms with Crippen LogP contribution in [0.2, 0.25) is 0 Å². The average Bonchev–Trinajstić information content (AvgIpc) is 2.09. The fourth-order valence-corrected chi connectivity index (χ4v) is 1.20. The van der Waals surface area contributed by atoms with Crippen LogP contribution in [-0.2, 0) is 9.59 Å². The molecule has 0 atom stereocenters. The first-order valence-corrected chi connectivity index (χ1v) is 4.79. The zero-order valence-corrected chi connectivity index (χ0v) is 9.41. The van der Waals surface area contributed by atoms with Crippen molar-refractivity contribution in [2.75, 3.05) is 6.54 Å². The van der Waals surface area contributed by atoms with E-state index in [1.165, 1.54) is 4.90 Å². The Morgan fingerprint density at radius 3 is 2.27 bits per heavy atom. The predicted octanol–water partition coefficient (Wildman–Crippen LogP) is 1.11. The maximum absolute atomic E-state index is 11.4. The summed E-state index contributed by atoms with van der Waals surface area (Å²) in [5.74, 6) is 0.156. The Morgan fingerprint density at radius 2 is 1.93 bits per heavy atom. The minimum atomic E-state index is -1.43. The van der Waals surface area contributed by atoms with Crippen molar-refractivity contribution in [1.82, 2.24) is 4.90 Å². The quantitative estimate of drug-likeness (QED) is 0.432. The summed E-state index contributed by atoms with van der Waals surface area (Å²) in [6.45, 7) is 5.76. The third-order valence-corrected chi connectivity index (χ3v) is 1.94. The van der Waals surface area contributed by atoms with Crippen molar-refractivity contribution >= 4 is 11.9 Å². The summed E-state index contributed by atoms with van der Waals surface area (Å²) in [5.41, 5.74) is -0.496. The Bertz CT molecular complexity index is 283. The number of carboxylic acid groups (broad SMARTS) is 1. The first-order chi connectivity index (χ1) is 6.80. The second-order valence-corrected chi connectivity index (χ2v) is 4.24. The lowest BCUT2D eigenvalue weighted by atomic mass is 10.1. The van der Waals surface area contributed by atoms with Gasteiger partial charge in [0, 0.05) is 18.5 Å². The molecule has 4 nitrogen and oxygen atoms in total. The molecular formula is C11H17NO3. The molecule has 0 unspecified atom stereocenters. The molecule has 0 aromatic rings. The van der Waals surface area contributed by atoms with Gasteiger partial charge in [0.1, 0.15) is 0 Å². The summed E-state index contributed by atoms with van der Waals surface area (Å²) in [6.07, 6.45) is 6.25. The van der Waals surface area contributed by atoms with Crippen LogP contribution in [0, 0.1) is 12.3 Å². The summed E-state index contributed by atoms with van der Waals surface area (Å²) in [7, 11) is 0. The molecule has 4 heteroatoms. The Kier molecular flexibility index (Phi) is 4.86. The highest BCUT2D eigenvalue weighted by Crippen LogP contribution is 2.14. The van der Waals surface area contributed by atoms with E-state index < -0.39 is 17.4 Å². The zero-order chi connectivity index (χ0) is 12.1. The summed E-state index contributed by atoms with van der Waals surface area (Å²) in [5, 5.41) is 8.64. The van der Waals surface area contributed by atoms with E-state index in [9.17, 15) is 9.59 Å². The van der Waals surface area contributed by atoms with Gasteiger partial charge in [-0.3, -0.25) is 4.79 Å². The summed E-state index contributed by atoms with van der Waals surface area (Å²) >= 11 is 0. The average molecular weight is 211 g/mol. The normalized spacial score (nSPS) is 10.5. The van der Waals surface area contributed by atoms with Gasteiger partial charge in [-0.1, -0.05) is 0 Å². The van der Waals surface area contributed by atoms with E-state index in [0.29, 0.717) is 19.4 Å². The number of unbranched alkanes of at least 4 members (excludes halogenated alkanes) is 1. The van der Waals surface area contributed by atoms with E-state index >= 15 is 0 Å². The van der Waals surface area contributed by atoms with Crippen molar-refractivity contribution in [3.8, 4) is 12.3 Å². The van der Waals surface area contributed by atoms with Gasteiger partial charge in [0.05, 0.1) is 0 Å². The molecule has 0 saturated carbocycles. The second-order valence-electron chi connectivity index (χ2n) is 4.24. The SMILES string of the molecule is C#CCCCN(C(=O)C(=O)O)C(C)(C)C. The Balaban J connectivity index is 4.55. The maximum atomic E-state index is 11.4. The molecule has 0 heterocycles. The fraction of sp³-hybridized carbons (Fsp3) is 0.636. The number of carbonyl (C=O) groups is 2. The molecule has 0 bridgehead atoms. The van der Waals surface area contributed by atoms with E-state index in [1.54, 1.807) is 20.8 Å². The van der Waals surface area contributed by atoms with Gasteiger partial charge in [0.25, 0.3) is 0 Å². The third kappa shape index (κ3) is 4.50. The highest BCUT2D eigenvalue weighted by molar-refractivity contribution is 6.31. The van der Waals surface area contributed by atoms with Crippen molar-refractivity contribution in [3.05, 3.63) is 0 Å². The standard InChI is InChI=1S/C11H17NO3/c1-5-6-7-8-12(11(2,3)4)9(13)10(14)15/h1H,6-8H2,2-4H3,(H,14,15). The highest BCUT2D eigenvalue weighted by atomic mass is 16.4. The molecule has 0 aliphatic rings. The molecular weight excluding hydrogens is 194 g/mol. The van der Waals surface area contributed by atoms with E-state index in [0.717, 1.165) is 0 Å². The molecule has 0 aromatic heterocycles. The van der Waals surface area contributed by atoms with Crippen molar-refractivity contribution in [3.63, 3.8) is 0 Å². The van der Waals surface area contributed by atoms with Crippen molar-refractivity contribution in [2.45, 2.75) is 39.2 Å². The van der Waals surface area contributed by atoms with Crippen LogP contribution in [0.3, 0.4) is 0 Å².